The summed E-state index contributed by atoms with van der Waals surface area (Å²) in [6.07, 6.45) is 0. The lowest BCUT2D eigenvalue weighted by Gasteiger charge is -2.11. The van der Waals surface area contributed by atoms with Crippen LogP contribution in [0.4, 0.5) is 8.78 Å². The molecule has 0 heterocycles. The topological polar surface area (TPSA) is 40.9 Å². The highest BCUT2D eigenvalue weighted by Crippen LogP contribution is 2.29. The van der Waals surface area contributed by atoms with Gasteiger partial charge in [-0.15, -0.1) is 0 Å². The SMILES string of the molecule is N#CC(C(=O)c1cc(F)c(Cl)cc1F)c1ccccc1Br. The average Bonchev–Trinajstić information content (AvgIpc) is 2.45. The van der Waals surface area contributed by atoms with Crippen molar-refractivity contribution in [2.45, 2.75) is 5.92 Å². The highest BCUT2D eigenvalue weighted by Gasteiger charge is 2.27. The normalized spacial score (nSPS) is 11.8. The van der Waals surface area contributed by atoms with E-state index in [1.54, 1.807) is 24.3 Å². The van der Waals surface area contributed by atoms with Gasteiger partial charge in [-0.05, 0) is 23.8 Å². The molecule has 0 saturated heterocycles. The van der Waals surface area contributed by atoms with E-state index < -0.39 is 33.9 Å². The Morgan fingerprint density at radius 3 is 2.52 bits per heavy atom. The number of nitriles is 1. The summed E-state index contributed by atoms with van der Waals surface area (Å²) in [6.45, 7) is 0. The number of nitrogens with zero attached hydrogens (tertiary/aromatic N) is 1. The Morgan fingerprint density at radius 2 is 1.90 bits per heavy atom. The van der Waals surface area contributed by atoms with Crippen molar-refractivity contribution >= 4 is 33.3 Å². The first kappa shape index (κ1) is 15.6. The first-order chi connectivity index (χ1) is 9.95. The second-order valence-corrected chi connectivity index (χ2v) is 5.46. The van der Waals surface area contributed by atoms with E-state index in [2.05, 4.69) is 15.9 Å². The average molecular weight is 371 g/mol. The molecule has 0 aliphatic heterocycles. The largest absolute Gasteiger partial charge is 0.292 e. The molecule has 21 heavy (non-hydrogen) atoms. The maximum atomic E-state index is 13.8. The Bertz CT molecular complexity index is 758. The van der Waals surface area contributed by atoms with Crippen LogP contribution in [0.1, 0.15) is 21.8 Å². The lowest BCUT2D eigenvalue weighted by Crippen LogP contribution is -2.14. The Labute approximate surface area is 133 Å². The van der Waals surface area contributed by atoms with Crippen molar-refractivity contribution in [1.29, 1.82) is 5.26 Å². The van der Waals surface area contributed by atoms with Crippen molar-refractivity contribution in [3.05, 3.63) is 68.7 Å². The number of rotatable bonds is 3. The molecule has 1 unspecified atom stereocenters. The van der Waals surface area contributed by atoms with Crippen molar-refractivity contribution in [1.82, 2.24) is 0 Å². The summed E-state index contributed by atoms with van der Waals surface area (Å²) in [5.74, 6) is -3.93. The molecule has 0 aromatic heterocycles. The third-order valence-corrected chi connectivity index (χ3v) is 3.89. The van der Waals surface area contributed by atoms with Gasteiger partial charge in [-0.3, -0.25) is 4.79 Å². The number of halogens is 4. The molecule has 0 N–H and O–H groups in total. The molecule has 0 aliphatic carbocycles. The fourth-order valence-corrected chi connectivity index (χ4v) is 2.51. The lowest BCUT2D eigenvalue weighted by atomic mass is 9.91. The van der Waals surface area contributed by atoms with Gasteiger partial charge in [-0.25, -0.2) is 8.78 Å². The number of carbonyl (C=O) groups excluding carboxylic acids is 1. The van der Waals surface area contributed by atoms with E-state index in [4.69, 9.17) is 11.6 Å². The summed E-state index contributed by atoms with van der Waals surface area (Å²) in [5, 5.41) is 8.80. The summed E-state index contributed by atoms with van der Waals surface area (Å²) in [5.41, 5.74) is -0.112. The molecule has 1 atom stereocenters. The van der Waals surface area contributed by atoms with Crippen LogP contribution in [0.15, 0.2) is 40.9 Å². The highest BCUT2D eigenvalue weighted by atomic mass is 79.9. The Balaban J connectivity index is 2.50. The van der Waals surface area contributed by atoms with Crippen LogP contribution in [0.25, 0.3) is 0 Å². The Hall–Kier alpha value is -1.77. The minimum Gasteiger partial charge on any atom is -0.292 e. The monoisotopic (exact) mass is 369 g/mol. The van der Waals surface area contributed by atoms with Crippen LogP contribution in [0.3, 0.4) is 0 Å². The molecule has 0 amide bonds. The smallest absolute Gasteiger partial charge is 0.187 e. The molecule has 2 aromatic carbocycles. The third kappa shape index (κ3) is 3.12. The molecule has 0 fully saturated rings. The van der Waals surface area contributed by atoms with Gasteiger partial charge in [0, 0.05) is 4.47 Å². The van der Waals surface area contributed by atoms with Crippen molar-refractivity contribution in [3.8, 4) is 6.07 Å². The lowest BCUT2D eigenvalue weighted by molar-refractivity contribution is 0.0974. The fraction of sp³-hybridized carbons (Fsp3) is 0.0667. The maximum absolute atomic E-state index is 13.8. The third-order valence-electron chi connectivity index (χ3n) is 2.88. The maximum Gasteiger partial charge on any atom is 0.187 e. The number of carbonyl (C=O) groups is 1. The van der Waals surface area contributed by atoms with Crippen LogP contribution in [0.2, 0.25) is 5.02 Å². The summed E-state index contributed by atoms with van der Waals surface area (Å²) in [4.78, 5) is 12.3. The van der Waals surface area contributed by atoms with Gasteiger partial charge in [0.15, 0.2) is 5.78 Å². The minimum atomic E-state index is -1.24. The second kappa shape index (κ2) is 6.33. The number of benzene rings is 2. The fourth-order valence-electron chi connectivity index (χ4n) is 1.85. The van der Waals surface area contributed by atoms with Crippen LogP contribution in [-0.2, 0) is 0 Å². The van der Waals surface area contributed by atoms with Gasteiger partial charge in [-0.1, -0.05) is 45.7 Å². The van der Waals surface area contributed by atoms with Crippen molar-refractivity contribution in [3.63, 3.8) is 0 Å². The van der Waals surface area contributed by atoms with Gasteiger partial charge in [0.05, 0.1) is 16.7 Å². The van der Waals surface area contributed by atoms with Gasteiger partial charge in [0.1, 0.15) is 17.6 Å². The molecule has 6 heteroatoms. The van der Waals surface area contributed by atoms with Gasteiger partial charge < -0.3 is 0 Å². The predicted molar refractivity (Wildman–Crippen MR) is 78.2 cm³/mol. The van der Waals surface area contributed by atoms with Crippen molar-refractivity contribution < 1.29 is 13.6 Å². The molecule has 2 nitrogen and oxygen atoms in total. The Kier molecular flexibility index (Phi) is 4.71. The molecule has 0 aliphatic rings. The Morgan fingerprint density at radius 1 is 1.24 bits per heavy atom. The molecule has 0 spiro atoms. The van der Waals surface area contributed by atoms with E-state index in [9.17, 15) is 18.8 Å². The molecule has 0 saturated carbocycles. The van der Waals surface area contributed by atoms with Gasteiger partial charge in [-0.2, -0.15) is 5.26 Å². The van der Waals surface area contributed by atoms with E-state index in [0.29, 0.717) is 16.1 Å². The van der Waals surface area contributed by atoms with Crippen molar-refractivity contribution in [2.75, 3.05) is 0 Å². The standard InChI is InChI=1S/C15H7BrClF2NO/c16-11-4-2-1-3-8(11)10(7-20)15(21)9-5-14(19)12(17)6-13(9)18/h1-6,10H. The van der Waals surface area contributed by atoms with Crippen LogP contribution in [0.5, 0.6) is 0 Å². The first-order valence-corrected chi connectivity index (χ1v) is 6.95. The molecule has 2 rings (SSSR count). The van der Waals surface area contributed by atoms with Gasteiger partial charge in [0.2, 0.25) is 0 Å². The number of Topliss-reactive ketones (excluding diaryl/α,β-unsaturated/α-hetero) is 1. The van der Waals surface area contributed by atoms with Crippen LogP contribution < -0.4 is 0 Å². The molecule has 0 radical (unpaired) electrons. The second-order valence-electron chi connectivity index (χ2n) is 4.19. The van der Waals surface area contributed by atoms with Gasteiger partial charge >= 0.3 is 0 Å². The first-order valence-electron chi connectivity index (χ1n) is 5.78. The highest BCUT2D eigenvalue weighted by molar-refractivity contribution is 9.10. The van der Waals surface area contributed by atoms with E-state index in [-0.39, 0.29) is 0 Å². The van der Waals surface area contributed by atoms with E-state index in [0.717, 1.165) is 6.07 Å². The van der Waals surface area contributed by atoms with E-state index in [1.165, 1.54) is 0 Å². The number of hydrogen-bond acceptors (Lipinski definition) is 2. The summed E-state index contributed by atoms with van der Waals surface area (Å²) >= 11 is 8.68. The zero-order chi connectivity index (χ0) is 15.6. The van der Waals surface area contributed by atoms with Crippen LogP contribution in [-0.4, -0.2) is 5.78 Å². The van der Waals surface area contributed by atoms with E-state index >= 15 is 0 Å². The number of hydrogen-bond donors (Lipinski definition) is 0. The van der Waals surface area contributed by atoms with Crippen LogP contribution >= 0.6 is 27.5 Å². The zero-order valence-corrected chi connectivity index (χ0v) is 12.8. The predicted octanol–water partition coefficient (Wildman–Crippen LogP) is 4.87. The van der Waals surface area contributed by atoms with Crippen molar-refractivity contribution in [2.24, 2.45) is 0 Å². The minimum absolute atomic E-state index is 0.389. The van der Waals surface area contributed by atoms with Gasteiger partial charge in [0.25, 0.3) is 0 Å². The molecular formula is C15H7BrClF2NO. The van der Waals surface area contributed by atoms with E-state index in [1.807, 2.05) is 6.07 Å². The summed E-state index contributed by atoms with van der Waals surface area (Å²) in [7, 11) is 0. The zero-order valence-electron chi connectivity index (χ0n) is 10.4. The molecular weight excluding hydrogens is 364 g/mol. The number of ketones is 1. The summed E-state index contributed by atoms with van der Waals surface area (Å²) in [6, 6.07) is 9.84. The molecule has 2 aromatic rings. The quantitative estimate of drug-likeness (QED) is 0.571. The molecule has 0 bridgehead atoms. The van der Waals surface area contributed by atoms with Crippen LogP contribution in [0, 0.1) is 23.0 Å². The summed E-state index contributed by atoms with van der Waals surface area (Å²) < 4.78 is 27.8. The molecule has 106 valence electrons.